The molecule has 0 spiro atoms. The van der Waals surface area contributed by atoms with Crippen LogP contribution in [-0.2, 0) is 49.7 Å². The normalized spacial score (nSPS) is 27.2. The molecular weight excluding hydrogens is 866 g/mol. The highest BCUT2D eigenvalue weighted by molar-refractivity contribution is 7.98. The number of nitroso groups, excluding NO2 is 1. The van der Waals surface area contributed by atoms with Crippen LogP contribution in [0.5, 0.6) is 0 Å². The number of anilines is 2. The zero-order valence-corrected chi connectivity index (χ0v) is 35.2. The summed E-state index contributed by atoms with van der Waals surface area (Å²) < 4.78 is 92.7. The Morgan fingerprint density at radius 2 is 1.34 bits per heavy atom. The van der Waals surface area contributed by atoms with E-state index in [1.54, 1.807) is 17.1 Å². The first kappa shape index (κ1) is 43.1. The first-order valence-corrected chi connectivity index (χ1v) is 26.0. The second-order valence-corrected chi connectivity index (χ2v) is 22.1. The van der Waals surface area contributed by atoms with E-state index in [0.717, 1.165) is 13.3 Å². The molecule has 6 rings (SSSR count). The van der Waals surface area contributed by atoms with Gasteiger partial charge in [0.2, 0.25) is 0 Å². The van der Waals surface area contributed by atoms with Crippen LogP contribution in [0.3, 0.4) is 0 Å². The third-order valence-electron chi connectivity index (χ3n) is 8.07. The Bertz CT molecular complexity index is 2320. The number of ether oxygens (including phenoxy) is 2. The number of hydrogen-bond donors (Lipinski definition) is 4. The molecule has 0 saturated carbocycles. The third kappa shape index (κ3) is 9.54. The van der Waals surface area contributed by atoms with Gasteiger partial charge in [-0.1, -0.05) is 23.5 Å². The molecule has 2 aliphatic rings. The fourth-order valence-electron chi connectivity index (χ4n) is 5.75. The number of rotatable bonds is 17. The molecule has 0 amide bonds. The van der Waals surface area contributed by atoms with E-state index in [1.165, 1.54) is 40.7 Å². The number of nitrogens with zero attached hydrogens (tertiary/aromatic N) is 9. The molecule has 0 aromatic carbocycles. The Morgan fingerprint density at radius 1 is 0.786 bits per heavy atom. The van der Waals surface area contributed by atoms with E-state index < -0.39 is 74.0 Å². The van der Waals surface area contributed by atoms with Crippen molar-refractivity contribution in [3.05, 3.63) is 17.6 Å². The van der Waals surface area contributed by atoms with E-state index in [9.17, 15) is 33.4 Å². The predicted molar refractivity (Wildman–Crippen MR) is 201 cm³/mol. The number of aromatic nitrogens is 8. The summed E-state index contributed by atoms with van der Waals surface area (Å²) in [7, 11) is -18.9. The summed E-state index contributed by atoms with van der Waals surface area (Å²) >= 11 is 2.50. The third-order valence-corrected chi connectivity index (χ3v) is 17.2. The molecule has 25 nitrogen and oxygen atoms in total. The quantitative estimate of drug-likeness (QED) is 0.0503. The summed E-state index contributed by atoms with van der Waals surface area (Å²) in [6.45, 7) is 1.30. The Kier molecular flexibility index (Phi) is 12.8. The highest BCUT2D eigenvalue weighted by atomic mass is 32.2. The van der Waals surface area contributed by atoms with Crippen LogP contribution in [-0.4, -0.2) is 119 Å². The van der Waals surface area contributed by atoms with Crippen molar-refractivity contribution in [2.24, 2.45) is 4.95 Å². The maximum atomic E-state index is 13.2. The van der Waals surface area contributed by atoms with E-state index in [0.29, 0.717) is 41.0 Å². The minimum absolute atomic E-state index is 0.0599. The molecule has 308 valence electrons. The average molecular weight is 904 g/mol. The van der Waals surface area contributed by atoms with Crippen molar-refractivity contribution >= 4 is 88.0 Å². The van der Waals surface area contributed by atoms with Gasteiger partial charge in [0.25, 0.3) is 0 Å². The largest absolute Gasteiger partial charge is 0.497 e. The Balaban J connectivity index is 1.02. The van der Waals surface area contributed by atoms with Crippen LogP contribution in [0.4, 0.5) is 11.6 Å². The molecule has 0 radical (unpaired) electrons. The second-order valence-electron chi connectivity index (χ2n) is 12.4. The van der Waals surface area contributed by atoms with Gasteiger partial charge in [0.05, 0.1) is 32.0 Å². The van der Waals surface area contributed by atoms with Gasteiger partial charge in [-0.25, -0.2) is 47.4 Å². The van der Waals surface area contributed by atoms with Gasteiger partial charge < -0.3 is 35.7 Å². The monoisotopic (exact) mass is 903 g/mol. The molecule has 6 heterocycles. The van der Waals surface area contributed by atoms with Gasteiger partial charge in [0, 0.05) is 24.9 Å². The van der Waals surface area contributed by atoms with Gasteiger partial charge in [-0.2, -0.15) is 0 Å². The van der Waals surface area contributed by atoms with Crippen LogP contribution in [0, 0.1) is 4.91 Å². The van der Waals surface area contributed by atoms with Crippen LogP contribution in [0.25, 0.3) is 22.3 Å². The number of aliphatic hydroxyl groups excluding tert-OH is 2. The zero-order valence-electron chi connectivity index (χ0n) is 30.0. The number of fused-ring (bicyclic) bond motifs is 2. The van der Waals surface area contributed by atoms with Gasteiger partial charge in [-0.15, -0.1) is 4.91 Å². The van der Waals surface area contributed by atoms with E-state index in [-0.39, 0.29) is 29.4 Å². The molecular formula is C25H37N11O14P4S2. The van der Waals surface area contributed by atoms with Crippen molar-refractivity contribution in [3.8, 4) is 0 Å². The lowest BCUT2D eigenvalue weighted by Gasteiger charge is -2.24. The number of nitrogens with two attached hydrogens (primary N) is 2. The SMILES string of the molecule is CSc1nc(N)c2ncn(C3CCC(COP(C)(=O)OP(C)(=O)OP(C)(=O)OP(=O)(N=O)OCC4OC(n5cnc6c(N)nc(SC)nc65)C(O)C4O)O3)c2n1. The summed E-state index contributed by atoms with van der Waals surface area (Å²) in [4.78, 5) is 39.4. The molecule has 31 heteroatoms. The van der Waals surface area contributed by atoms with Crippen LogP contribution in [0.1, 0.15) is 25.3 Å². The predicted octanol–water partition coefficient (Wildman–Crippen LogP) is 4.00. The standard InChI is InChI=1S/C25H37N11O14P4S2/c1-51(40,44-8-12-6-7-14(46-12)35-10-28-15-19(26)30-24(55-4)32-21(15)35)48-52(2,41)49-53(3,42)50-54(43,34-39)45-9-13-17(37)18(38)23(47-13)36-11-29-16-20(27)31-25(56-5)33-22(16)36/h10-14,17-18,23,37-38H,6-9H2,1-5H3,(H2,26,30,32)(H2,27,31,33). The van der Waals surface area contributed by atoms with Gasteiger partial charge in [0.15, 0.2) is 39.5 Å². The molecule has 4 aromatic heterocycles. The van der Waals surface area contributed by atoms with Crippen molar-refractivity contribution in [2.75, 3.05) is 57.2 Å². The van der Waals surface area contributed by atoms with Crippen LogP contribution in [0.15, 0.2) is 27.9 Å². The number of aliphatic hydroxyl groups is 2. The fraction of sp³-hybridized carbons (Fsp3) is 0.600. The maximum absolute atomic E-state index is 13.2. The topological polar surface area (TPSA) is 342 Å². The summed E-state index contributed by atoms with van der Waals surface area (Å²) in [5.41, 5.74) is 13.2. The Hall–Kier alpha value is -2.44. The summed E-state index contributed by atoms with van der Waals surface area (Å²) in [5.74, 6) is 0.275. The van der Waals surface area contributed by atoms with Crippen LogP contribution in [0.2, 0.25) is 0 Å². The smallest absolute Gasteiger partial charge is 0.387 e. The molecule has 4 aromatic rings. The lowest BCUT2D eigenvalue weighted by molar-refractivity contribution is -0.0483. The zero-order chi connectivity index (χ0) is 40.8. The number of hydrogen-bond acceptors (Lipinski definition) is 24. The van der Waals surface area contributed by atoms with Gasteiger partial charge in [-0.05, 0) is 25.4 Å². The van der Waals surface area contributed by atoms with Crippen molar-refractivity contribution in [2.45, 2.75) is 60.0 Å². The molecule has 0 bridgehead atoms. The van der Waals surface area contributed by atoms with E-state index in [4.69, 9.17) is 42.9 Å². The van der Waals surface area contributed by atoms with Crippen molar-refractivity contribution in [1.82, 2.24) is 39.0 Å². The highest BCUT2D eigenvalue weighted by Gasteiger charge is 2.48. The van der Waals surface area contributed by atoms with Crippen molar-refractivity contribution < 1.29 is 59.9 Å². The summed E-state index contributed by atoms with van der Waals surface area (Å²) in [6.07, 6.45) is 0.0798. The number of nitrogen functional groups attached to an aromatic ring is 2. The molecule has 56 heavy (non-hydrogen) atoms. The molecule has 10 unspecified atom stereocenters. The molecule has 2 aliphatic heterocycles. The van der Waals surface area contributed by atoms with Gasteiger partial charge in [-0.3, -0.25) is 27.4 Å². The minimum Gasteiger partial charge on any atom is -0.387 e. The maximum Gasteiger partial charge on any atom is 0.497 e. The van der Waals surface area contributed by atoms with Gasteiger partial charge >= 0.3 is 30.5 Å². The highest BCUT2D eigenvalue weighted by Crippen LogP contribution is 2.73. The average Bonchev–Trinajstić information content (AvgIpc) is 3.91. The van der Waals surface area contributed by atoms with Crippen LogP contribution < -0.4 is 11.5 Å². The first-order valence-electron chi connectivity index (χ1n) is 16.1. The summed E-state index contributed by atoms with van der Waals surface area (Å²) in [6, 6.07) is 0. The molecule has 2 saturated heterocycles. The van der Waals surface area contributed by atoms with E-state index in [2.05, 4.69) is 34.9 Å². The van der Waals surface area contributed by atoms with Gasteiger partial charge in [0.1, 0.15) is 35.6 Å². The Morgan fingerprint density at radius 3 is 1.93 bits per heavy atom. The molecule has 6 N–H and O–H groups in total. The van der Waals surface area contributed by atoms with Crippen molar-refractivity contribution in [3.63, 3.8) is 0 Å². The Labute approximate surface area is 325 Å². The fourth-order valence-corrected chi connectivity index (χ4v) is 14.4. The molecule has 0 aliphatic carbocycles. The second kappa shape index (κ2) is 16.7. The number of imidazole rings is 2. The minimum atomic E-state index is -5.24. The van der Waals surface area contributed by atoms with Crippen molar-refractivity contribution in [1.29, 1.82) is 0 Å². The summed E-state index contributed by atoms with van der Waals surface area (Å²) in [5, 5.41) is 22.2. The van der Waals surface area contributed by atoms with E-state index >= 15 is 0 Å². The lowest BCUT2D eigenvalue weighted by Crippen LogP contribution is -2.33. The first-order chi connectivity index (χ1) is 26.3. The molecule has 2 fully saturated rings. The van der Waals surface area contributed by atoms with Crippen LogP contribution >= 0.6 is 54.1 Å². The van der Waals surface area contributed by atoms with E-state index in [1.807, 2.05) is 0 Å². The molecule has 10 atom stereocenters. The number of thioether (sulfide) groups is 2. The lowest BCUT2D eigenvalue weighted by atomic mass is 10.1.